The van der Waals surface area contributed by atoms with E-state index in [4.69, 9.17) is 22.3 Å². The molecule has 12 heteroatoms. The lowest BCUT2D eigenvalue weighted by atomic mass is 10.0. The highest BCUT2D eigenvalue weighted by atomic mass is 16.4. The molecule has 0 radical (unpaired) electrons. The highest BCUT2D eigenvalue weighted by molar-refractivity contribution is 5.91. The second kappa shape index (κ2) is 13.3. The molecule has 0 spiro atoms. The summed E-state index contributed by atoms with van der Waals surface area (Å²) in [6.07, 6.45) is 0.310. The van der Waals surface area contributed by atoms with Crippen LogP contribution in [0.15, 0.2) is 4.99 Å². The maximum absolute atomic E-state index is 12.5. The van der Waals surface area contributed by atoms with Crippen molar-refractivity contribution in [3.63, 3.8) is 0 Å². The van der Waals surface area contributed by atoms with Crippen molar-refractivity contribution >= 4 is 29.7 Å². The van der Waals surface area contributed by atoms with E-state index in [0.29, 0.717) is 13.0 Å². The minimum absolute atomic E-state index is 0.0199. The lowest BCUT2D eigenvalue weighted by Crippen LogP contribution is -2.54. The Morgan fingerprint density at radius 3 is 2.03 bits per heavy atom. The number of carboxylic acids is 2. The Balaban J connectivity index is 4.93. The third kappa shape index (κ3) is 12.2. The van der Waals surface area contributed by atoms with Crippen molar-refractivity contribution in [1.82, 2.24) is 10.6 Å². The quantitative estimate of drug-likeness (QED) is 0.0975. The van der Waals surface area contributed by atoms with E-state index in [2.05, 4.69) is 15.6 Å². The second-order valence-electron chi connectivity index (χ2n) is 7.08. The van der Waals surface area contributed by atoms with Crippen LogP contribution in [0.1, 0.15) is 46.0 Å². The summed E-state index contributed by atoms with van der Waals surface area (Å²) in [6.45, 7) is 3.98. The Bertz CT molecular complexity index is 605. The topological polar surface area (TPSA) is 223 Å². The van der Waals surface area contributed by atoms with Crippen molar-refractivity contribution in [2.75, 3.05) is 6.54 Å². The summed E-state index contributed by atoms with van der Waals surface area (Å²) in [6, 6.07) is -3.27. The van der Waals surface area contributed by atoms with Crippen LogP contribution >= 0.6 is 0 Å². The molecule has 29 heavy (non-hydrogen) atoms. The number of nitrogens with two attached hydrogens (primary N) is 3. The van der Waals surface area contributed by atoms with Gasteiger partial charge in [-0.15, -0.1) is 0 Å². The lowest BCUT2D eigenvalue weighted by molar-refractivity contribution is -0.143. The lowest BCUT2D eigenvalue weighted by Gasteiger charge is -2.24. The molecule has 0 aliphatic carbocycles. The zero-order chi connectivity index (χ0) is 22.6. The molecule has 0 rings (SSSR count). The Hall–Kier alpha value is -2.89. The average molecular weight is 416 g/mol. The highest BCUT2D eigenvalue weighted by Crippen LogP contribution is 2.08. The van der Waals surface area contributed by atoms with Crippen molar-refractivity contribution in [1.29, 1.82) is 0 Å². The van der Waals surface area contributed by atoms with E-state index in [0.717, 1.165) is 0 Å². The number of hydrogen-bond donors (Lipinski definition) is 7. The third-order valence-electron chi connectivity index (χ3n) is 3.91. The molecule has 10 N–H and O–H groups in total. The van der Waals surface area contributed by atoms with Crippen molar-refractivity contribution in [2.45, 2.75) is 64.1 Å². The van der Waals surface area contributed by atoms with Gasteiger partial charge in [0.1, 0.15) is 12.1 Å². The maximum Gasteiger partial charge on any atom is 0.326 e. The van der Waals surface area contributed by atoms with Gasteiger partial charge in [0.2, 0.25) is 11.8 Å². The molecule has 3 atom stereocenters. The molecule has 0 saturated heterocycles. The van der Waals surface area contributed by atoms with Crippen LogP contribution in [0, 0.1) is 5.92 Å². The predicted molar refractivity (Wildman–Crippen MR) is 106 cm³/mol. The largest absolute Gasteiger partial charge is 0.481 e. The number of guanidine groups is 1. The number of rotatable bonds is 14. The molecule has 3 unspecified atom stereocenters. The average Bonchev–Trinajstić information content (AvgIpc) is 2.60. The van der Waals surface area contributed by atoms with E-state index in [9.17, 15) is 24.3 Å². The van der Waals surface area contributed by atoms with Gasteiger partial charge < -0.3 is 38.0 Å². The molecule has 2 amide bonds. The number of nitrogens with zero attached hydrogens (tertiary/aromatic N) is 1. The Kier molecular flexibility index (Phi) is 12.0. The number of carbonyl (C=O) groups excluding carboxylic acids is 2. The number of aliphatic imine (C=N–C) groups is 1. The zero-order valence-electron chi connectivity index (χ0n) is 16.8. The molecule has 0 heterocycles. The molecular weight excluding hydrogens is 384 g/mol. The van der Waals surface area contributed by atoms with Crippen LogP contribution in [-0.4, -0.2) is 64.6 Å². The van der Waals surface area contributed by atoms with Crippen LogP contribution in [0.3, 0.4) is 0 Å². The van der Waals surface area contributed by atoms with Gasteiger partial charge in [-0.25, -0.2) is 4.79 Å². The molecule has 0 fully saturated rings. The Morgan fingerprint density at radius 1 is 0.966 bits per heavy atom. The molecular formula is C17H32N6O6. The van der Waals surface area contributed by atoms with Crippen LogP contribution in [-0.2, 0) is 19.2 Å². The molecule has 0 saturated carbocycles. The SMILES string of the molecule is CC(C)CC(NC(=O)C(N)CCCN=C(N)N)C(=O)NC(CCC(=O)O)C(=O)O. The molecule has 166 valence electrons. The first-order chi connectivity index (χ1) is 13.4. The van der Waals surface area contributed by atoms with Crippen LogP contribution in [0.25, 0.3) is 0 Å². The number of nitrogens with one attached hydrogen (secondary N) is 2. The van der Waals surface area contributed by atoms with Gasteiger partial charge in [0.25, 0.3) is 0 Å². The minimum Gasteiger partial charge on any atom is -0.481 e. The van der Waals surface area contributed by atoms with E-state index in [-0.39, 0.29) is 31.1 Å². The van der Waals surface area contributed by atoms with Crippen LogP contribution in [0.2, 0.25) is 0 Å². The van der Waals surface area contributed by atoms with Gasteiger partial charge in [-0.2, -0.15) is 0 Å². The molecule has 0 bridgehead atoms. The molecule has 0 aromatic heterocycles. The van der Waals surface area contributed by atoms with Gasteiger partial charge in [-0.05, 0) is 31.6 Å². The van der Waals surface area contributed by atoms with Gasteiger partial charge in [-0.3, -0.25) is 19.4 Å². The first-order valence-electron chi connectivity index (χ1n) is 9.30. The summed E-state index contributed by atoms with van der Waals surface area (Å²) < 4.78 is 0. The summed E-state index contributed by atoms with van der Waals surface area (Å²) in [5, 5.41) is 22.7. The Morgan fingerprint density at radius 2 is 1.55 bits per heavy atom. The smallest absolute Gasteiger partial charge is 0.326 e. The van der Waals surface area contributed by atoms with Gasteiger partial charge in [-0.1, -0.05) is 13.8 Å². The van der Waals surface area contributed by atoms with E-state index in [1.165, 1.54) is 0 Å². The first kappa shape index (κ1) is 26.1. The monoisotopic (exact) mass is 416 g/mol. The van der Waals surface area contributed by atoms with E-state index >= 15 is 0 Å². The van der Waals surface area contributed by atoms with Gasteiger partial charge in [0.05, 0.1) is 6.04 Å². The van der Waals surface area contributed by atoms with Crippen molar-refractivity contribution < 1.29 is 29.4 Å². The standard InChI is InChI=1S/C17H32N6O6/c1-9(2)8-12(15(27)22-11(16(28)29)5-6-13(24)25)23-14(26)10(18)4-3-7-21-17(19)20/h9-12H,3-8,18H2,1-2H3,(H,22,27)(H,23,26)(H,24,25)(H,28,29)(H4,19,20,21). The number of aliphatic carboxylic acids is 2. The van der Waals surface area contributed by atoms with E-state index < -0.39 is 48.3 Å². The molecule has 0 aliphatic rings. The van der Waals surface area contributed by atoms with E-state index in [1.807, 2.05) is 13.8 Å². The fraction of sp³-hybridized carbons (Fsp3) is 0.706. The summed E-state index contributed by atoms with van der Waals surface area (Å²) >= 11 is 0. The number of carbonyl (C=O) groups is 4. The normalized spacial score (nSPS) is 13.8. The summed E-state index contributed by atoms with van der Waals surface area (Å²) in [5.74, 6) is -3.85. The Labute approximate surface area is 169 Å². The van der Waals surface area contributed by atoms with Crippen LogP contribution in [0.4, 0.5) is 0 Å². The number of amides is 2. The predicted octanol–water partition coefficient (Wildman–Crippen LogP) is -1.67. The minimum atomic E-state index is -1.38. The highest BCUT2D eigenvalue weighted by Gasteiger charge is 2.28. The van der Waals surface area contributed by atoms with Crippen molar-refractivity contribution in [3.8, 4) is 0 Å². The summed E-state index contributed by atoms with van der Waals surface area (Å²) in [4.78, 5) is 50.5. The van der Waals surface area contributed by atoms with Crippen LogP contribution in [0.5, 0.6) is 0 Å². The van der Waals surface area contributed by atoms with Gasteiger partial charge in [0.15, 0.2) is 5.96 Å². The summed E-state index contributed by atoms with van der Waals surface area (Å²) in [7, 11) is 0. The van der Waals surface area contributed by atoms with Crippen LogP contribution < -0.4 is 27.8 Å². The number of hydrogen-bond acceptors (Lipinski definition) is 6. The molecule has 0 aliphatic heterocycles. The summed E-state index contributed by atoms with van der Waals surface area (Å²) in [5.41, 5.74) is 16.3. The molecule has 0 aromatic rings. The fourth-order valence-corrected chi connectivity index (χ4v) is 2.43. The first-order valence-corrected chi connectivity index (χ1v) is 9.30. The second-order valence-corrected chi connectivity index (χ2v) is 7.08. The van der Waals surface area contributed by atoms with Crippen molar-refractivity contribution in [3.05, 3.63) is 0 Å². The van der Waals surface area contributed by atoms with E-state index in [1.54, 1.807) is 0 Å². The number of carboxylic acid groups (broad SMARTS) is 2. The third-order valence-corrected chi connectivity index (χ3v) is 3.91. The van der Waals surface area contributed by atoms with Gasteiger partial charge >= 0.3 is 11.9 Å². The van der Waals surface area contributed by atoms with Gasteiger partial charge in [0, 0.05) is 13.0 Å². The van der Waals surface area contributed by atoms with Crippen molar-refractivity contribution in [2.24, 2.45) is 28.1 Å². The molecule has 0 aromatic carbocycles. The zero-order valence-corrected chi connectivity index (χ0v) is 16.8. The maximum atomic E-state index is 12.5. The molecule has 12 nitrogen and oxygen atoms in total. The fourth-order valence-electron chi connectivity index (χ4n) is 2.43.